The molecular weight excluding hydrogens is 316 g/mol. The third kappa shape index (κ3) is 6.32. The number of nitrogens with zero attached hydrogens (tertiary/aromatic N) is 3. The van der Waals surface area contributed by atoms with Crippen LogP contribution in [0.25, 0.3) is 0 Å². The summed E-state index contributed by atoms with van der Waals surface area (Å²) in [5.41, 5.74) is 2.52. The first-order valence-corrected chi connectivity index (χ1v) is 8.83. The zero-order chi connectivity index (χ0) is 17.6. The highest BCUT2D eigenvalue weighted by atomic mass is 32.1. The van der Waals surface area contributed by atoms with Crippen molar-refractivity contribution in [1.82, 2.24) is 19.8 Å². The number of aromatic nitrogens is 2. The predicted molar refractivity (Wildman–Crippen MR) is 104 cm³/mol. The van der Waals surface area contributed by atoms with Crippen LogP contribution in [0.2, 0.25) is 0 Å². The van der Waals surface area contributed by atoms with E-state index in [2.05, 4.69) is 71.7 Å². The second-order valence-electron chi connectivity index (χ2n) is 7.24. The maximum absolute atomic E-state index is 5.66. The van der Waals surface area contributed by atoms with Gasteiger partial charge in [-0.1, -0.05) is 29.8 Å². The van der Waals surface area contributed by atoms with Crippen LogP contribution in [-0.2, 0) is 13.1 Å². The van der Waals surface area contributed by atoms with E-state index in [1.165, 1.54) is 11.1 Å². The molecule has 2 rings (SSSR count). The Labute approximate surface area is 150 Å². The number of aryl methyl sites for hydroxylation is 2. The minimum atomic E-state index is -0.0348. The molecule has 0 amide bonds. The fourth-order valence-electron chi connectivity index (χ4n) is 2.43. The molecule has 0 fully saturated rings. The lowest BCUT2D eigenvalue weighted by atomic mass is 10.1. The third-order valence-electron chi connectivity index (χ3n) is 3.67. The largest absolute Gasteiger partial charge is 0.358 e. The van der Waals surface area contributed by atoms with Crippen LogP contribution in [0.4, 0.5) is 0 Å². The maximum atomic E-state index is 5.66. The molecule has 4 nitrogen and oxygen atoms in total. The summed E-state index contributed by atoms with van der Waals surface area (Å²) < 4.78 is 2.10. The van der Waals surface area contributed by atoms with E-state index in [4.69, 9.17) is 12.2 Å². The number of benzene rings is 1. The lowest BCUT2D eigenvalue weighted by Gasteiger charge is -2.31. The molecule has 1 aromatic carbocycles. The normalized spacial score (nSPS) is 11.3. The summed E-state index contributed by atoms with van der Waals surface area (Å²) in [6.45, 7) is 11.2. The summed E-state index contributed by atoms with van der Waals surface area (Å²) in [5, 5.41) is 4.25. The van der Waals surface area contributed by atoms with Crippen LogP contribution in [0.1, 0.15) is 38.3 Å². The van der Waals surface area contributed by atoms with E-state index in [1.807, 2.05) is 18.7 Å². The van der Waals surface area contributed by atoms with Gasteiger partial charge in [-0.3, -0.25) is 0 Å². The molecule has 0 spiro atoms. The summed E-state index contributed by atoms with van der Waals surface area (Å²) in [6, 6.07) is 8.66. The molecule has 24 heavy (non-hydrogen) atoms. The first-order valence-electron chi connectivity index (χ1n) is 8.42. The van der Waals surface area contributed by atoms with Crippen molar-refractivity contribution >= 4 is 17.3 Å². The van der Waals surface area contributed by atoms with Crippen LogP contribution in [0.3, 0.4) is 0 Å². The SMILES string of the molecule is Cc1ccc(CN(CCCn2ccnc2)C(=S)NC(C)(C)C)cc1. The van der Waals surface area contributed by atoms with Gasteiger partial charge in [0.25, 0.3) is 0 Å². The van der Waals surface area contributed by atoms with Crippen LogP contribution >= 0.6 is 12.2 Å². The van der Waals surface area contributed by atoms with E-state index < -0.39 is 0 Å². The average molecular weight is 345 g/mol. The Balaban J connectivity index is 1.99. The van der Waals surface area contributed by atoms with Crippen LogP contribution in [0, 0.1) is 6.92 Å². The molecule has 0 aliphatic carbocycles. The average Bonchev–Trinajstić information content (AvgIpc) is 3.00. The van der Waals surface area contributed by atoms with Gasteiger partial charge in [0.15, 0.2) is 5.11 Å². The minimum Gasteiger partial charge on any atom is -0.358 e. The molecule has 0 saturated carbocycles. The Morgan fingerprint density at radius 3 is 2.54 bits per heavy atom. The summed E-state index contributed by atoms with van der Waals surface area (Å²) >= 11 is 5.66. The Hall–Kier alpha value is -1.88. The number of hydrogen-bond acceptors (Lipinski definition) is 2. The van der Waals surface area contributed by atoms with E-state index in [0.29, 0.717) is 0 Å². The fourth-order valence-corrected chi connectivity index (χ4v) is 2.89. The third-order valence-corrected chi connectivity index (χ3v) is 4.03. The summed E-state index contributed by atoms with van der Waals surface area (Å²) in [7, 11) is 0. The van der Waals surface area contributed by atoms with Crippen LogP contribution in [-0.4, -0.2) is 31.6 Å². The molecule has 0 bridgehead atoms. The van der Waals surface area contributed by atoms with E-state index in [9.17, 15) is 0 Å². The van der Waals surface area contributed by atoms with Crippen LogP contribution in [0.15, 0.2) is 43.0 Å². The van der Waals surface area contributed by atoms with Crippen molar-refractivity contribution in [2.75, 3.05) is 6.54 Å². The van der Waals surface area contributed by atoms with Gasteiger partial charge < -0.3 is 14.8 Å². The summed E-state index contributed by atoms with van der Waals surface area (Å²) in [4.78, 5) is 6.34. The first-order chi connectivity index (χ1) is 11.3. The highest BCUT2D eigenvalue weighted by Gasteiger charge is 2.16. The lowest BCUT2D eigenvalue weighted by Crippen LogP contribution is -2.48. The zero-order valence-electron chi connectivity index (χ0n) is 15.1. The van der Waals surface area contributed by atoms with Gasteiger partial charge in [-0.25, -0.2) is 4.98 Å². The molecule has 0 atom stereocenters. The van der Waals surface area contributed by atoms with E-state index in [0.717, 1.165) is 31.2 Å². The minimum absolute atomic E-state index is 0.0348. The van der Waals surface area contributed by atoms with Gasteiger partial charge in [-0.2, -0.15) is 0 Å². The number of rotatable bonds is 6. The van der Waals surface area contributed by atoms with Crippen LogP contribution < -0.4 is 5.32 Å². The number of thiocarbonyl (C=S) groups is 1. The van der Waals surface area contributed by atoms with E-state index in [-0.39, 0.29) is 5.54 Å². The molecular formula is C19H28N4S. The number of nitrogens with one attached hydrogen (secondary N) is 1. The van der Waals surface area contributed by atoms with Gasteiger partial charge in [-0.05, 0) is 51.9 Å². The van der Waals surface area contributed by atoms with Crippen molar-refractivity contribution in [3.05, 3.63) is 54.1 Å². The first kappa shape index (κ1) is 18.5. The van der Waals surface area contributed by atoms with E-state index in [1.54, 1.807) is 0 Å². The van der Waals surface area contributed by atoms with Gasteiger partial charge in [0.05, 0.1) is 6.33 Å². The quantitative estimate of drug-likeness (QED) is 0.809. The molecule has 130 valence electrons. The highest BCUT2D eigenvalue weighted by molar-refractivity contribution is 7.80. The second kappa shape index (κ2) is 8.29. The monoisotopic (exact) mass is 344 g/mol. The van der Waals surface area contributed by atoms with Crippen molar-refractivity contribution < 1.29 is 0 Å². The molecule has 0 unspecified atom stereocenters. The Bertz CT molecular complexity index is 626. The molecule has 0 radical (unpaired) electrons. The second-order valence-corrected chi connectivity index (χ2v) is 7.63. The zero-order valence-corrected chi connectivity index (χ0v) is 15.9. The molecule has 1 heterocycles. The highest BCUT2D eigenvalue weighted by Crippen LogP contribution is 2.10. The topological polar surface area (TPSA) is 33.1 Å². The van der Waals surface area contributed by atoms with Gasteiger partial charge in [0.2, 0.25) is 0 Å². The molecule has 0 aliphatic rings. The smallest absolute Gasteiger partial charge is 0.169 e. The molecule has 5 heteroatoms. The molecule has 1 N–H and O–H groups in total. The van der Waals surface area contributed by atoms with E-state index >= 15 is 0 Å². The summed E-state index contributed by atoms with van der Waals surface area (Å²) in [6.07, 6.45) is 6.69. The summed E-state index contributed by atoms with van der Waals surface area (Å²) in [5.74, 6) is 0. The Kier molecular flexibility index (Phi) is 6.37. The molecule has 1 aromatic heterocycles. The molecule has 0 saturated heterocycles. The number of imidazole rings is 1. The Morgan fingerprint density at radius 1 is 1.25 bits per heavy atom. The number of hydrogen-bond donors (Lipinski definition) is 1. The standard InChI is InChI=1S/C19H28N4S/c1-16-6-8-17(9-7-16)14-23(18(24)21-19(2,3)4)12-5-11-22-13-10-20-15-22/h6-10,13,15H,5,11-12,14H2,1-4H3,(H,21,24). The van der Waals surface area contributed by atoms with Crippen molar-refractivity contribution in [2.45, 2.75) is 52.7 Å². The lowest BCUT2D eigenvalue weighted by molar-refractivity contribution is 0.367. The van der Waals surface area contributed by atoms with Crippen molar-refractivity contribution in [3.8, 4) is 0 Å². The van der Waals surface area contributed by atoms with Crippen LogP contribution in [0.5, 0.6) is 0 Å². The predicted octanol–water partition coefficient (Wildman–Crippen LogP) is 3.76. The molecule has 2 aromatic rings. The van der Waals surface area contributed by atoms with Gasteiger partial charge in [0, 0.05) is 37.6 Å². The molecule has 0 aliphatic heterocycles. The van der Waals surface area contributed by atoms with Crippen molar-refractivity contribution in [2.24, 2.45) is 0 Å². The van der Waals surface area contributed by atoms with Crippen molar-refractivity contribution in [1.29, 1.82) is 0 Å². The van der Waals surface area contributed by atoms with Gasteiger partial charge >= 0.3 is 0 Å². The Morgan fingerprint density at radius 2 is 1.96 bits per heavy atom. The van der Waals surface area contributed by atoms with Gasteiger partial charge in [-0.15, -0.1) is 0 Å². The van der Waals surface area contributed by atoms with Crippen molar-refractivity contribution in [3.63, 3.8) is 0 Å². The maximum Gasteiger partial charge on any atom is 0.169 e. The fraction of sp³-hybridized carbons (Fsp3) is 0.474. The van der Waals surface area contributed by atoms with Gasteiger partial charge in [0.1, 0.15) is 0 Å².